The van der Waals surface area contributed by atoms with Gasteiger partial charge in [-0.3, -0.25) is 19.5 Å². The summed E-state index contributed by atoms with van der Waals surface area (Å²) in [7, 11) is 1.23. The summed E-state index contributed by atoms with van der Waals surface area (Å²) in [5.74, 6) is -2.81. The molecule has 1 N–H and O–H groups in total. The van der Waals surface area contributed by atoms with Crippen LogP contribution >= 0.6 is 34.5 Å². The number of ketones is 1. The first-order valence-corrected chi connectivity index (χ1v) is 11.0. The molecule has 11 heteroatoms. The van der Waals surface area contributed by atoms with Crippen LogP contribution in [0.25, 0.3) is 5.76 Å². The second-order valence-electron chi connectivity index (χ2n) is 6.98. The minimum atomic E-state index is -1.07. The Morgan fingerprint density at radius 2 is 1.85 bits per heavy atom. The van der Waals surface area contributed by atoms with E-state index in [1.165, 1.54) is 43.8 Å². The van der Waals surface area contributed by atoms with Crippen molar-refractivity contribution in [2.75, 3.05) is 12.0 Å². The first-order chi connectivity index (χ1) is 15.7. The standard InChI is InChI=1S/C22H15Cl2N3O5S/c1-10-19(21(31)32-2)33-22(26-10)27-16(12-3-4-13(23)14(24)9-12)15(18(29)20(27)30)17(28)11-5-7-25-8-6-11/h3-9,16,28H,1-2H3/b17-15+. The molecule has 1 fully saturated rings. The average Bonchev–Trinajstić information content (AvgIpc) is 3.32. The van der Waals surface area contributed by atoms with E-state index in [1.807, 2.05) is 0 Å². The van der Waals surface area contributed by atoms with Crippen LogP contribution in [0.3, 0.4) is 0 Å². The number of halogens is 2. The van der Waals surface area contributed by atoms with Gasteiger partial charge in [-0.15, -0.1) is 0 Å². The SMILES string of the molecule is COC(=O)c1sc(N2C(=O)C(=O)/C(=C(/O)c3ccncc3)C2c2ccc(Cl)c(Cl)c2)nc1C. The number of thiazole rings is 1. The van der Waals surface area contributed by atoms with Gasteiger partial charge in [0.1, 0.15) is 10.6 Å². The Bertz CT molecular complexity index is 1320. The number of anilines is 1. The number of rotatable bonds is 4. The minimum absolute atomic E-state index is 0.0971. The maximum absolute atomic E-state index is 13.2. The van der Waals surface area contributed by atoms with Crippen molar-refractivity contribution in [1.29, 1.82) is 0 Å². The van der Waals surface area contributed by atoms with Crippen molar-refractivity contribution in [2.45, 2.75) is 13.0 Å². The van der Waals surface area contributed by atoms with Gasteiger partial charge in [-0.25, -0.2) is 9.78 Å². The Balaban J connectivity index is 1.96. The summed E-state index contributed by atoms with van der Waals surface area (Å²) in [5.41, 5.74) is 0.910. The van der Waals surface area contributed by atoms with Gasteiger partial charge in [-0.2, -0.15) is 0 Å². The van der Waals surface area contributed by atoms with E-state index in [-0.39, 0.29) is 31.4 Å². The second kappa shape index (κ2) is 8.93. The Morgan fingerprint density at radius 3 is 2.48 bits per heavy atom. The van der Waals surface area contributed by atoms with Crippen molar-refractivity contribution in [2.24, 2.45) is 0 Å². The lowest BCUT2D eigenvalue weighted by Gasteiger charge is -2.23. The zero-order valence-corrected chi connectivity index (χ0v) is 19.5. The van der Waals surface area contributed by atoms with Crippen LogP contribution in [0.4, 0.5) is 5.13 Å². The number of methoxy groups -OCH3 is 1. The number of esters is 1. The highest BCUT2D eigenvalue weighted by Crippen LogP contribution is 2.44. The molecule has 0 radical (unpaired) electrons. The van der Waals surface area contributed by atoms with Gasteiger partial charge in [0.05, 0.1) is 34.5 Å². The number of nitrogens with zero attached hydrogens (tertiary/aromatic N) is 3. The summed E-state index contributed by atoms with van der Waals surface area (Å²) in [5, 5.41) is 11.6. The lowest BCUT2D eigenvalue weighted by Crippen LogP contribution is -2.29. The molecule has 0 saturated carbocycles. The topological polar surface area (TPSA) is 110 Å². The Hall–Kier alpha value is -3.27. The maximum atomic E-state index is 13.2. The molecule has 0 spiro atoms. The molecule has 168 valence electrons. The van der Waals surface area contributed by atoms with Crippen LogP contribution in [-0.4, -0.2) is 39.8 Å². The summed E-state index contributed by atoms with van der Waals surface area (Å²) >= 11 is 13.2. The number of ether oxygens (including phenoxy) is 1. The van der Waals surface area contributed by atoms with Crippen LogP contribution in [0.5, 0.6) is 0 Å². The lowest BCUT2D eigenvalue weighted by atomic mass is 9.95. The zero-order valence-electron chi connectivity index (χ0n) is 17.2. The van der Waals surface area contributed by atoms with E-state index >= 15 is 0 Å². The first kappa shape index (κ1) is 22.9. The third kappa shape index (κ3) is 3.99. The number of hydrogen-bond acceptors (Lipinski definition) is 8. The van der Waals surface area contributed by atoms with Gasteiger partial charge < -0.3 is 9.84 Å². The predicted molar refractivity (Wildman–Crippen MR) is 124 cm³/mol. The zero-order chi connectivity index (χ0) is 23.9. The summed E-state index contributed by atoms with van der Waals surface area (Å²) in [4.78, 5) is 47.9. The van der Waals surface area contributed by atoms with E-state index in [1.54, 1.807) is 13.0 Å². The van der Waals surface area contributed by atoms with Crippen LogP contribution in [0.2, 0.25) is 10.0 Å². The number of carbonyl (C=O) groups excluding carboxylic acids is 3. The lowest BCUT2D eigenvalue weighted by molar-refractivity contribution is -0.132. The molecule has 1 atom stereocenters. The molecule has 1 aromatic carbocycles. The molecule has 8 nitrogen and oxygen atoms in total. The molecule has 3 heterocycles. The summed E-state index contributed by atoms with van der Waals surface area (Å²) < 4.78 is 4.77. The van der Waals surface area contributed by atoms with Gasteiger partial charge in [0.25, 0.3) is 5.78 Å². The van der Waals surface area contributed by atoms with Crippen molar-refractivity contribution < 1.29 is 24.2 Å². The molecule has 1 aliphatic heterocycles. The molecular formula is C22H15Cl2N3O5S. The number of aromatic nitrogens is 2. The number of aliphatic hydroxyl groups excluding tert-OH is 1. The number of pyridine rings is 1. The quantitative estimate of drug-likeness (QED) is 0.240. The molecule has 4 rings (SSSR count). The largest absolute Gasteiger partial charge is 0.507 e. The van der Waals surface area contributed by atoms with Crippen LogP contribution in [0.15, 0.2) is 48.3 Å². The van der Waals surface area contributed by atoms with Gasteiger partial charge in [0.2, 0.25) is 0 Å². The van der Waals surface area contributed by atoms with E-state index in [0.29, 0.717) is 16.8 Å². The molecule has 1 unspecified atom stereocenters. The fourth-order valence-electron chi connectivity index (χ4n) is 3.46. The van der Waals surface area contributed by atoms with Gasteiger partial charge in [0.15, 0.2) is 5.13 Å². The second-order valence-corrected chi connectivity index (χ2v) is 8.77. The monoisotopic (exact) mass is 503 g/mol. The normalized spacial score (nSPS) is 17.5. The number of benzene rings is 1. The highest BCUT2D eigenvalue weighted by atomic mass is 35.5. The van der Waals surface area contributed by atoms with E-state index in [2.05, 4.69) is 9.97 Å². The highest BCUT2D eigenvalue weighted by molar-refractivity contribution is 7.17. The fraction of sp³-hybridized carbons (Fsp3) is 0.136. The van der Waals surface area contributed by atoms with Crippen molar-refractivity contribution in [1.82, 2.24) is 9.97 Å². The van der Waals surface area contributed by atoms with E-state index in [4.69, 9.17) is 27.9 Å². The smallest absolute Gasteiger partial charge is 0.350 e. The summed E-state index contributed by atoms with van der Waals surface area (Å²) in [6.07, 6.45) is 2.90. The van der Waals surface area contributed by atoms with E-state index in [9.17, 15) is 19.5 Å². The highest BCUT2D eigenvalue weighted by Gasteiger charge is 2.48. The van der Waals surface area contributed by atoms with Crippen LogP contribution in [-0.2, 0) is 14.3 Å². The fourth-order valence-corrected chi connectivity index (χ4v) is 4.78. The van der Waals surface area contributed by atoms with E-state index in [0.717, 1.165) is 16.2 Å². The number of Topliss-reactive ketones (excluding diaryl/α,β-unsaturated/α-hetero) is 1. The van der Waals surface area contributed by atoms with Gasteiger partial charge in [0, 0.05) is 18.0 Å². The van der Waals surface area contributed by atoms with E-state index < -0.39 is 23.7 Å². The Labute approximate surface area is 202 Å². The average molecular weight is 504 g/mol. The molecule has 1 amide bonds. The van der Waals surface area contributed by atoms with Crippen LogP contribution < -0.4 is 4.90 Å². The van der Waals surface area contributed by atoms with Gasteiger partial charge >= 0.3 is 11.9 Å². The maximum Gasteiger partial charge on any atom is 0.350 e. The summed E-state index contributed by atoms with van der Waals surface area (Å²) in [6, 6.07) is 6.59. The molecule has 2 aromatic heterocycles. The molecular weight excluding hydrogens is 489 g/mol. The van der Waals surface area contributed by atoms with Crippen molar-refractivity contribution in [3.05, 3.63) is 80.0 Å². The van der Waals surface area contributed by atoms with Gasteiger partial charge in [-0.1, -0.05) is 40.6 Å². The molecule has 0 bridgehead atoms. The third-order valence-corrected chi connectivity index (χ3v) is 6.90. The van der Waals surface area contributed by atoms with Crippen LogP contribution in [0.1, 0.15) is 32.5 Å². The Kier molecular flexibility index (Phi) is 6.20. The Morgan fingerprint density at radius 1 is 1.15 bits per heavy atom. The molecule has 0 aliphatic carbocycles. The van der Waals surface area contributed by atoms with Gasteiger partial charge in [-0.05, 0) is 36.8 Å². The molecule has 3 aromatic rings. The number of aryl methyl sites for hydroxylation is 1. The number of carbonyl (C=O) groups is 3. The molecule has 1 saturated heterocycles. The first-order valence-electron chi connectivity index (χ1n) is 9.46. The summed E-state index contributed by atoms with van der Waals surface area (Å²) in [6.45, 7) is 1.59. The van der Waals surface area contributed by atoms with Crippen molar-refractivity contribution in [3.63, 3.8) is 0 Å². The molecule has 1 aliphatic rings. The molecule has 33 heavy (non-hydrogen) atoms. The minimum Gasteiger partial charge on any atom is -0.507 e. The number of aliphatic hydroxyl groups is 1. The number of amides is 1. The van der Waals surface area contributed by atoms with Crippen LogP contribution in [0, 0.1) is 6.92 Å². The predicted octanol–water partition coefficient (Wildman–Crippen LogP) is 4.57. The number of hydrogen-bond donors (Lipinski definition) is 1. The van der Waals surface area contributed by atoms with Crippen molar-refractivity contribution in [3.8, 4) is 0 Å². The third-order valence-electron chi connectivity index (χ3n) is 5.02. The van der Waals surface area contributed by atoms with Crippen molar-refractivity contribution >= 4 is 63.1 Å².